The first-order chi connectivity index (χ1) is 15.9. The molecule has 1 aliphatic heterocycles. The van der Waals surface area contributed by atoms with Crippen molar-refractivity contribution < 1.29 is 22.4 Å². The van der Waals surface area contributed by atoms with Gasteiger partial charge in [-0.15, -0.1) is 0 Å². The van der Waals surface area contributed by atoms with Crippen molar-refractivity contribution in [2.24, 2.45) is 0 Å². The van der Waals surface area contributed by atoms with Gasteiger partial charge in [-0.25, -0.2) is 4.98 Å². The fraction of sp³-hybridized carbons (Fsp3) is 0.231. The second-order valence-electron chi connectivity index (χ2n) is 8.22. The minimum absolute atomic E-state index is 0.0383. The normalized spacial score (nSPS) is 16.5. The SMILES string of the molecule is O=C(Cc1ccccc1)N1CCCC1c1nc2cc(-c3ccc(C(F)(F)F)cc3)ccc2o1. The van der Waals surface area contributed by atoms with Gasteiger partial charge < -0.3 is 9.32 Å². The zero-order valence-electron chi connectivity index (χ0n) is 17.7. The number of rotatable bonds is 4. The molecule has 3 aromatic carbocycles. The number of oxazole rings is 1. The van der Waals surface area contributed by atoms with E-state index in [0.29, 0.717) is 35.5 Å². The molecule has 0 radical (unpaired) electrons. The highest BCUT2D eigenvalue weighted by Crippen LogP contribution is 2.35. The van der Waals surface area contributed by atoms with E-state index in [-0.39, 0.29) is 11.9 Å². The fourth-order valence-electron chi connectivity index (χ4n) is 4.31. The third-order valence-corrected chi connectivity index (χ3v) is 6.01. The lowest BCUT2D eigenvalue weighted by molar-refractivity contribution is -0.137. The van der Waals surface area contributed by atoms with Crippen molar-refractivity contribution in [3.05, 3.63) is 89.8 Å². The number of hydrogen-bond acceptors (Lipinski definition) is 3. The van der Waals surface area contributed by atoms with Gasteiger partial charge in [-0.1, -0.05) is 48.5 Å². The molecule has 0 N–H and O–H groups in total. The molecule has 0 aliphatic carbocycles. The number of benzene rings is 3. The molecule has 168 valence electrons. The third kappa shape index (κ3) is 4.35. The van der Waals surface area contributed by atoms with Gasteiger partial charge in [0.05, 0.1) is 12.0 Å². The van der Waals surface area contributed by atoms with E-state index in [4.69, 9.17) is 4.42 Å². The number of amides is 1. The number of likely N-dealkylation sites (tertiary alicyclic amines) is 1. The summed E-state index contributed by atoms with van der Waals surface area (Å²) in [5, 5.41) is 0. The molecule has 0 spiro atoms. The van der Waals surface area contributed by atoms with E-state index < -0.39 is 11.7 Å². The molecule has 1 aliphatic rings. The van der Waals surface area contributed by atoms with Crippen molar-refractivity contribution in [3.8, 4) is 11.1 Å². The van der Waals surface area contributed by atoms with Gasteiger partial charge in [0.2, 0.25) is 11.8 Å². The van der Waals surface area contributed by atoms with Crippen LogP contribution >= 0.6 is 0 Å². The minimum atomic E-state index is -4.37. The predicted molar refractivity (Wildman–Crippen MR) is 118 cm³/mol. The Hall–Kier alpha value is -3.61. The molecule has 0 saturated carbocycles. The number of carbonyl (C=O) groups excluding carboxylic acids is 1. The van der Waals surface area contributed by atoms with Gasteiger partial charge in [0.15, 0.2) is 5.58 Å². The number of nitrogens with zero attached hydrogens (tertiary/aromatic N) is 2. The molecule has 4 aromatic rings. The highest BCUT2D eigenvalue weighted by molar-refractivity contribution is 5.81. The average molecular weight is 450 g/mol. The Kier molecular flexibility index (Phi) is 5.40. The first-order valence-corrected chi connectivity index (χ1v) is 10.8. The molecule has 1 amide bonds. The molecule has 1 unspecified atom stereocenters. The summed E-state index contributed by atoms with van der Waals surface area (Å²) in [7, 11) is 0. The first kappa shape index (κ1) is 21.2. The van der Waals surface area contributed by atoms with Crippen molar-refractivity contribution in [1.29, 1.82) is 0 Å². The smallest absolute Gasteiger partial charge is 0.416 e. The maximum Gasteiger partial charge on any atom is 0.416 e. The van der Waals surface area contributed by atoms with Crippen molar-refractivity contribution in [2.75, 3.05) is 6.54 Å². The summed E-state index contributed by atoms with van der Waals surface area (Å²) in [6.45, 7) is 0.659. The van der Waals surface area contributed by atoms with Gasteiger partial charge in [-0.05, 0) is 53.8 Å². The van der Waals surface area contributed by atoms with Crippen molar-refractivity contribution >= 4 is 17.0 Å². The van der Waals surface area contributed by atoms with Gasteiger partial charge in [-0.2, -0.15) is 13.2 Å². The van der Waals surface area contributed by atoms with Crippen LogP contribution in [0.4, 0.5) is 13.2 Å². The largest absolute Gasteiger partial charge is 0.438 e. The van der Waals surface area contributed by atoms with Gasteiger partial charge >= 0.3 is 6.18 Å². The second-order valence-corrected chi connectivity index (χ2v) is 8.22. The van der Waals surface area contributed by atoms with Crippen molar-refractivity contribution in [1.82, 2.24) is 9.88 Å². The molecule has 33 heavy (non-hydrogen) atoms. The maximum atomic E-state index is 12.9. The van der Waals surface area contributed by atoms with Crippen LogP contribution < -0.4 is 0 Å². The Morgan fingerprint density at radius 1 is 1.00 bits per heavy atom. The van der Waals surface area contributed by atoms with Crippen LogP contribution in [0, 0.1) is 0 Å². The van der Waals surface area contributed by atoms with E-state index >= 15 is 0 Å². The summed E-state index contributed by atoms with van der Waals surface area (Å²) in [4.78, 5) is 19.4. The third-order valence-electron chi connectivity index (χ3n) is 6.01. The van der Waals surface area contributed by atoms with Gasteiger partial charge in [0.1, 0.15) is 11.6 Å². The predicted octanol–water partition coefficient (Wildman–Crippen LogP) is 6.42. The van der Waals surface area contributed by atoms with Gasteiger partial charge in [0.25, 0.3) is 0 Å². The molecule has 5 rings (SSSR count). The van der Waals surface area contributed by atoms with E-state index in [2.05, 4.69) is 4.98 Å². The molecule has 7 heteroatoms. The van der Waals surface area contributed by atoms with E-state index in [1.807, 2.05) is 35.2 Å². The molecule has 1 fully saturated rings. The number of fused-ring (bicyclic) bond motifs is 1. The number of aromatic nitrogens is 1. The summed E-state index contributed by atoms with van der Waals surface area (Å²) in [6, 6.07) is 19.8. The number of halogens is 3. The summed E-state index contributed by atoms with van der Waals surface area (Å²) in [5.74, 6) is 0.532. The second kappa shape index (κ2) is 8.39. The van der Waals surface area contributed by atoms with Gasteiger partial charge in [-0.3, -0.25) is 4.79 Å². The molecular formula is C26H21F3N2O2. The molecular weight excluding hydrogens is 429 g/mol. The van der Waals surface area contributed by atoms with Crippen molar-refractivity contribution in [2.45, 2.75) is 31.5 Å². The van der Waals surface area contributed by atoms with Crippen LogP contribution in [-0.2, 0) is 17.4 Å². The average Bonchev–Trinajstić information content (AvgIpc) is 3.46. The van der Waals surface area contributed by atoms with Crippen LogP contribution in [0.25, 0.3) is 22.2 Å². The summed E-state index contributed by atoms with van der Waals surface area (Å²) in [6.07, 6.45) is -2.38. The topological polar surface area (TPSA) is 46.3 Å². The zero-order chi connectivity index (χ0) is 23.0. The Balaban J connectivity index is 1.38. The molecule has 0 bridgehead atoms. The van der Waals surface area contributed by atoms with Crippen LogP contribution in [0.1, 0.15) is 35.9 Å². The molecule has 1 aromatic heterocycles. The molecule has 1 atom stereocenters. The number of carbonyl (C=O) groups is 1. The molecule has 4 nitrogen and oxygen atoms in total. The van der Waals surface area contributed by atoms with E-state index in [1.54, 1.807) is 18.2 Å². The molecule has 2 heterocycles. The van der Waals surface area contributed by atoms with Crippen LogP contribution in [0.2, 0.25) is 0 Å². The van der Waals surface area contributed by atoms with Gasteiger partial charge in [0, 0.05) is 6.54 Å². The summed E-state index contributed by atoms with van der Waals surface area (Å²) < 4.78 is 44.5. The number of hydrogen-bond donors (Lipinski definition) is 0. The Labute approximate surface area is 188 Å². The number of alkyl halides is 3. The summed E-state index contributed by atoms with van der Waals surface area (Å²) in [5.41, 5.74) is 2.90. The zero-order valence-corrected chi connectivity index (χ0v) is 17.7. The van der Waals surface area contributed by atoms with Crippen molar-refractivity contribution in [3.63, 3.8) is 0 Å². The Morgan fingerprint density at radius 3 is 2.45 bits per heavy atom. The summed E-state index contributed by atoms with van der Waals surface area (Å²) >= 11 is 0. The van der Waals surface area contributed by atoms with Crippen LogP contribution in [0.5, 0.6) is 0 Å². The Bertz CT molecular complexity index is 1280. The highest BCUT2D eigenvalue weighted by atomic mass is 19.4. The standard InChI is InChI=1S/C26H21F3N2O2/c27-26(28,29)20-11-8-18(9-12-20)19-10-13-23-21(16-19)30-25(33-23)22-7-4-14-31(22)24(32)15-17-5-2-1-3-6-17/h1-3,5-6,8-13,16,22H,4,7,14-15H2. The lowest BCUT2D eigenvalue weighted by Gasteiger charge is -2.22. The quantitative estimate of drug-likeness (QED) is 0.360. The van der Waals surface area contributed by atoms with Crippen LogP contribution in [0.3, 0.4) is 0 Å². The highest BCUT2D eigenvalue weighted by Gasteiger charge is 2.33. The van der Waals surface area contributed by atoms with Crippen LogP contribution in [0.15, 0.2) is 77.2 Å². The lowest BCUT2D eigenvalue weighted by atomic mass is 10.0. The minimum Gasteiger partial charge on any atom is -0.438 e. The van der Waals surface area contributed by atoms with E-state index in [1.165, 1.54) is 12.1 Å². The molecule has 1 saturated heterocycles. The maximum absolute atomic E-state index is 12.9. The Morgan fingerprint density at radius 2 is 1.73 bits per heavy atom. The monoisotopic (exact) mass is 450 g/mol. The van der Waals surface area contributed by atoms with E-state index in [0.717, 1.165) is 36.1 Å². The van der Waals surface area contributed by atoms with Crippen LogP contribution in [-0.4, -0.2) is 22.3 Å². The fourth-order valence-corrected chi connectivity index (χ4v) is 4.31. The van der Waals surface area contributed by atoms with E-state index in [9.17, 15) is 18.0 Å². The lowest BCUT2D eigenvalue weighted by Crippen LogP contribution is -2.32. The first-order valence-electron chi connectivity index (χ1n) is 10.8.